The number of carbonyl (C=O) groups excluding carboxylic acids is 2. The van der Waals surface area contributed by atoms with E-state index < -0.39 is 0 Å². The molecule has 0 heterocycles. The average Bonchev–Trinajstić information content (AvgIpc) is 2.31. The van der Waals surface area contributed by atoms with Crippen LogP contribution < -0.4 is 4.74 Å². The molecule has 0 radical (unpaired) electrons. The Labute approximate surface area is 108 Å². The topological polar surface area (TPSA) is 52.6 Å². The zero-order chi connectivity index (χ0) is 12.8. The zero-order valence-electron chi connectivity index (χ0n) is 9.66. The van der Waals surface area contributed by atoms with Gasteiger partial charge in [-0.2, -0.15) is 0 Å². The number of hydrogen-bond donors (Lipinski definition) is 0. The van der Waals surface area contributed by atoms with Crippen LogP contribution in [0, 0.1) is 0 Å². The van der Waals surface area contributed by atoms with Crippen LogP contribution in [-0.4, -0.2) is 26.0 Å². The molecule has 0 spiro atoms. The number of hydrogen-bond acceptors (Lipinski definition) is 4. The van der Waals surface area contributed by atoms with Gasteiger partial charge in [-0.05, 0) is 24.6 Å². The lowest BCUT2D eigenvalue weighted by atomic mass is 10.1. The second-order valence-corrected chi connectivity index (χ2v) is 4.14. The van der Waals surface area contributed by atoms with E-state index in [1.165, 1.54) is 7.11 Å². The molecule has 1 rings (SSSR count). The van der Waals surface area contributed by atoms with Crippen molar-refractivity contribution in [3.05, 3.63) is 27.7 Å². The van der Waals surface area contributed by atoms with Crippen LogP contribution >= 0.6 is 15.9 Å². The second kappa shape index (κ2) is 6.39. The SMILES string of the molecule is CCOC(=O)Cc1cc(C=O)c(OC)cc1Br. The number of benzene rings is 1. The van der Waals surface area contributed by atoms with Gasteiger partial charge in [-0.15, -0.1) is 0 Å². The molecule has 0 saturated heterocycles. The lowest BCUT2D eigenvalue weighted by Crippen LogP contribution is -2.08. The highest BCUT2D eigenvalue weighted by atomic mass is 79.9. The standard InChI is InChI=1S/C12H13BrO4/c1-3-17-12(15)5-8-4-9(7-14)11(16-2)6-10(8)13/h4,6-7H,3,5H2,1-2H3. The summed E-state index contributed by atoms with van der Waals surface area (Å²) in [6.07, 6.45) is 0.819. The molecule has 1 aromatic carbocycles. The Bertz CT molecular complexity index is 429. The maximum absolute atomic E-state index is 11.4. The number of rotatable bonds is 5. The van der Waals surface area contributed by atoms with Crippen molar-refractivity contribution in [1.29, 1.82) is 0 Å². The fraction of sp³-hybridized carbons (Fsp3) is 0.333. The molecular weight excluding hydrogens is 288 g/mol. The van der Waals surface area contributed by atoms with Crippen molar-refractivity contribution >= 4 is 28.2 Å². The fourth-order valence-corrected chi connectivity index (χ4v) is 1.85. The number of esters is 1. The third-order valence-electron chi connectivity index (χ3n) is 2.17. The largest absolute Gasteiger partial charge is 0.496 e. The average molecular weight is 301 g/mol. The number of ether oxygens (including phenoxy) is 2. The predicted molar refractivity (Wildman–Crippen MR) is 66.4 cm³/mol. The van der Waals surface area contributed by atoms with Crippen LogP contribution in [0.1, 0.15) is 22.8 Å². The third kappa shape index (κ3) is 3.56. The van der Waals surface area contributed by atoms with Gasteiger partial charge in [0.15, 0.2) is 6.29 Å². The Morgan fingerprint density at radius 2 is 2.18 bits per heavy atom. The molecule has 0 bridgehead atoms. The highest BCUT2D eigenvalue weighted by Crippen LogP contribution is 2.27. The van der Waals surface area contributed by atoms with Gasteiger partial charge < -0.3 is 9.47 Å². The second-order valence-electron chi connectivity index (χ2n) is 3.29. The lowest BCUT2D eigenvalue weighted by Gasteiger charge is -2.09. The summed E-state index contributed by atoms with van der Waals surface area (Å²) >= 11 is 3.33. The number of aldehydes is 1. The summed E-state index contributed by atoms with van der Waals surface area (Å²) in [6.45, 7) is 2.09. The lowest BCUT2D eigenvalue weighted by molar-refractivity contribution is -0.142. The number of methoxy groups -OCH3 is 1. The normalized spacial score (nSPS) is 9.82. The molecule has 0 aromatic heterocycles. The summed E-state index contributed by atoms with van der Waals surface area (Å²) in [5, 5.41) is 0. The van der Waals surface area contributed by atoms with E-state index in [-0.39, 0.29) is 12.4 Å². The minimum atomic E-state index is -0.324. The van der Waals surface area contributed by atoms with Crippen molar-refractivity contribution in [2.24, 2.45) is 0 Å². The minimum Gasteiger partial charge on any atom is -0.496 e. The van der Waals surface area contributed by atoms with Crippen LogP contribution in [0.4, 0.5) is 0 Å². The smallest absolute Gasteiger partial charge is 0.310 e. The fourth-order valence-electron chi connectivity index (χ4n) is 1.39. The first-order chi connectivity index (χ1) is 8.12. The van der Waals surface area contributed by atoms with Gasteiger partial charge in [0.25, 0.3) is 0 Å². The molecule has 0 aliphatic carbocycles. The van der Waals surface area contributed by atoms with Crippen molar-refractivity contribution in [3.63, 3.8) is 0 Å². The molecule has 0 fully saturated rings. The molecule has 0 saturated carbocycles. The summed E-state index contributed by atoms with van der Waals surface area (Å²) in [4.78, 5) is 22.2. The highest BCUT2D eigenvalue weighted by Gasteiger charge is 2.12. The molecule has 17 heavy (non-hydrogen) atoms. The van der Waals surface area contributed by atoms with Crippen LogP contribution in [0.15, 0.2) is 16.6 Å². The zero-order valence-corrected chi connectivity index (χ0v) is 11.2. The molecule has 0 atom stereocenters. The van der Waals surface area contributed by atoms with E-state index in [2.05, 4.69) is 15.9 Å². The first-order valence-electron chi connectivity index (χ1n) is 5.09. The van der Waals surface area contributed by atoms with E-state index in [9.17, 15) is 9.59 Å². The van der Waals surface area contributed by atoms with Gasteiger partial charge >= 0.3 is 5.97 Å². The van der Waals surface area contributed by atoms with Crippen LogP contribution in [0.25, 0.3) is 0 Å². The molecule has 1 aromatic rings. The van der Waals surface area contributed by atoms with Gasteiger partial charge in [0.1, 0.15) is 5.75 Å². The van der Waals surface area contributed by atoms with E-state index >= 15 is 0 Å². The molecule has 0 unspecified atom stereocenters. The molecule has 5 heteroatoms. The monoisotopic (exact) mass is 300 g/mol. The Morgan fingerprint density at radius 1 is 1.47 bits per heavy atom. The molecule has 0 aliphatic heterocycles. The van der Waals surface area contributed by atoms with Crippen molar-refractivity contribution in [1.82, 2.24) is 0 Å². The molecule has 0 amide bonds. The van der Waals surface area contributed by atoms with E-state index in [1.54, 1.807) is 19.1 Å². The van der Waals surface area contributed by atoms with Crippen molar-refractivity contribution < 1.29 is 19.1 Å². The van der Waals surface area contributed by atoms with Gasteiger partial charge in [-0.25, -0.2) is 0 Å². The van der Waals surface area contributed by atoms with E-state index in [1.807, 2.05) is 0 Å². The van der Waals surface area contributed by atoms with Gasteiger partial charge in [0, 0.05) is 4.47 Å². The molecule has 4 nitrogen and oxygen atoms in total. The quantitative estimate of drug-likeness (QED) is 0.619. The first kappa shape index (κ1) is 13.7. The molecule has 92 valence electrons. The summed E-state index contributed by atoms with van der Waals surface area (Å²) in [5.41, 5.74) is 1.11. The molecule has 0 aliphatic rings. The minimum absolute atomic E-state index is 0.124. The van der Waals surface area contributed by atoms with Crippen LogP contribution in [0.2, 0.25) is 0 Å². The Hall–Kier alpha value is -1.36. The van der Waals surface area contributed by atoms with Crippen LogP contribution in [-0.2, 0) is 16.0 Å². The Morgan fingerprint density at radius 3 is 2.71 bits per heavy atom. The van der Waals surface area contributed by atoms with Crippen molar-refractivity contribution in [2.45, 2.75) is 13.3 Å². The van der Waals surface area contributed by atoms with Crippen molar-refractivity contribution in [2.75, 3.05) is 13.7 Å². The highest BCUT2D eigenvalue weighted by molar-refractivity contribution is 9.10. The summed E-state index contributed by atoms with van der Waals surface area (Å²) in [5.74, 6) is 0.148. The predicted octanol–water partition coefficient (Wildman–Crippen LogP) is 2.38. The summed E-state index contributed by atoms with van der Waals surface area (Å²) in [7, 11) is 1.49. The molecular formula is C12H13BrO4. The van der Waals surface area contributed by atoms with E-state index in [0.717, 1.165) is 0 Å². The Kier molecular flexibility index (Phi) is 5.15. The number of carbonyl (C=O) groups is 2. The third-order valence-corrected chi connectivity index (χ3v) is 2.90. The van der Waals surface area contributed by atoms with Gasteiger partial charge in [-0.1, -0.05) is 15.9 Å². The maximum Gasteiger partial charge on any atom is 0.310 e. The maximum atomic E-state index is 11.4. The molecule has 0 N–H and O–H groups in total. The van der Waals surface area contributed by atoms with Crippen LogP contribution in [0.3, 0.4) is 0 Å². The van der Waals surface area contributed by atoms with Gasteiger partial charge in [-0.3, -0.25) is 9.59 Å². The summed E-state index contributed by atoms with van der Waals surface area (Å²) < 4.78 is 10.6. The first-order valence-corrected chi connectivity index (χ1v) is 5.88. The Balaban J connectivity index is 3.00. The van der Waals surface area contributed by atoms with Gasteiger partial charge in [0.2, 0.25) is 0 Å². The van der Waals surface area contributed by atoms with E-state index in [4.69, 9.17) is 9.47 Å². The van der Waals surface area contributed by atoms with Crippen molar-refractivity contribution in [3.8, 4) is 5.75 Å². The number of halogens is 1. The van der Waals surface area contributed by atoms with Gasteiger partial charge in [0.05, 0.1) is 25.7 Å². The van der Waals surface area contributed by atoms with E-state index in [0.29, 0.717) is 34.2 Å². The summed E-state index contributed by atoms with van der Waals surface area (Å²) in [6, 6.07) is 3.28. The van der Waals surface area contributed by atoms with Crippen LogP contribution in [0.5, 0.6) is 5.75 Å².